The highest BCUT2D eigenvalue weighted by molar-refractivity contribution is 5.87. The first-order valence-corrected chi connectivity index (χ1v) is 4.46. The number of methoxy groups -OCH3 is 1. The van der Waals surface area contributed by atoms with E-state index in [0.29, 0.717) is 6.42 Å². The Morgan fingerprint density at radius 3 is 2.80 bits per heavy atom. The van der Waals surface area contributed by atoms with Gasteiger partial charge in [0.25, 0.3) is 0 Å². The number of carboxylic acids is 1. The molecular formula is C9H12N2O4. The first-order valence-electron chi connectivity index (χ1n) is 4.46. The van der Waals surface area contributed by atoms with Gasteiger partial charge in [0.2, 0.25) is 0 Å². The van der Waals surface area contributed by atoms with Crippen molar-refractivity contribution in [3.05, 3.63) is 18.0 Å². The number of carbonyl (C=O) groups excluding carboxylic acids is 1. The van der Waals surface area contributed by atoms with Crippen LogP contribution in [0.2, 0.25) is 0 Å². The Kier molecular flexibility index (Phi) is 3.43. The minimum Gasteiger partial charge on any atom is -0.480 e. The number of rotatable bonds is 4. The van der Waals surface area contributed by atoms with Crippen LogP contribution in [0.1, 0.15) is 29.9 Å². The molecule has 0 bridgehead atoms. The Morgan fingerprint density at radius 2 is 2.33 bits per heavy atom. The summed E-state index contributed by atoms with van der Waals surface area (Å²) in [7, 11) is 1.25. The normalized spacial score (nSPS) is 12.1. The van der Waals surface area contributed by atoms with Gasteiger partial charge in [-0.05, 0) is 12.5 Å². The number of carboxylic acid groups (broad SMARTS) is 1. The molecule has 1 atom stereocenters. The molecule has 6 nitrogen and oxygen atoms in total. The summed E-state index contributed by atoms with van der Waals surface area (Å²) in [6.45, 7) is 1.73. The summed E-state index contributed by atoms with van der Waals surface area (Å²) in [6.07, 6.45) is 1.85. The van der Waals surface area contributed by atoms with Gasteiger partial charge in [-0.25, -0.2) is 9.59 Å². The van der Waals surface area contributed by atoms with Crippen molar-refractivity contribution in [3.8, 4) is 0 Å². The minimum absolute atomic E-state index is 0.109. The zero-order valence-electron chi connectivity index (χ0n) is 8.51. The first-order chi connectivity index (χ1) is 7.10. The zero-order valence-corrected chi connectivity index (χ0v) is 8.51. The molecule has 82 valence electrons. The summed E-state index contributed by atoms with van der Waals surface area (Å²) in [5, 5.41) is 12.7. The molecule has 0 amide bonds. The molecule has 0 aromatic carbocycles. The summed E-state index contributed by atoms with van der Waals surface area (Å²) in [6, 6.07) is 0.681. The van der Waals surface area contributed by atoms with Gasteiger partial charge in [-0.1, -0.05) is 6.92 Å². The van der Waals surface area contributed by atoms with E-state index < -0.39 is 18.0 Å². The largest absolute Gasteiger partial charge is 0.480 e. The van der Waals surface area contributed by atoms with Crippen LogP contribution in [0.15, 0.2) is 12.3 Å². The van der Waals surface area contributed by atoms with Crippen LogP contribution in [-0.4, -0.2) is 33.9 Å². The van der Waals surface area contributed by atoms with Crippen molar-refractivity contribution in [2.45, 2.75) is 19.4 Å². The topological polar surface area (TPSA) is 81.4 Å². The molecule has 0 saturated heterocycles. The Bertz CT molecular complexity index is 372. The summed E-state index contributed by atoms with van der Waals surface area (Å²) in [4.78, 5) is 21.9. The monoisotopic (exact) mass is 212 g/mol. The van der Waals surface area contributed by atoms with Gasteiger partial charge >= 0.3 is 11.9 Å². The lowest BCUT2D eigenvalue weighted by atomic mass is 10.2. The van der Waals surface area contributed by atoms with Gasteiger partial charge < -0.3 is 9.84 Å². The highest BCUT2D eigenvalue weighted by Crippen LogP contribution is 2.11. The molecule has 0 aliphatic heterocycles. The molecule has 1 N–H and O–H groups in total. The van der Waals surface area contributed by atoms with E-state index in [1.807, 2.05) is 0 Å². The number of nitrogens with zero attached hydrogens (tertiary/aromatic N) is 2. The average Bonchev–Trinajstić information content (AvgIpc) is 2.66. The lowest BCUT2D eigenvalue weighted by molar-refractivity contribution is -0.141. The van der Waals surface area contributed by atoms with Gasteiger partial charge in [-0.3, -0.25) is 4.68 Å². The van der Waals surface area contributed by atoms with E-state index in [0.717, 1.165) is 0 Å². The molecule has 6 heteroatoms. The van der Waals surface area contributed by atoms with Gasteiger partial charge in [-0.2, -0.15) is 5.10 Å². The standard InChI is InChI=1S/C9H12N2O4/c1-3-7(8(12)13)11-5-4-6(10-11)9(14)15-2/h4-5,7H,3H2,1-2H3,(H,12,13)/t7-/m1/s1. The third kappa shape index (κ3) is 2.34. The average molecular weight is 212 g/mol. The second kappa shape index (κ2) is 4.59. The number of hydrogen-bond donors (Lipinski definition) is 1. The molecule has 0 saturated carbocycles. The predicted octanol–water partition coefficient (Wildman–Crippen LogP) is 0.705. The molecule has 0 aliphatic carbocycles. The fraction of sp³-hybridized carbons (Fsp3) is 0.444. The van der Waals surface area contributed by atoms with Crippen molar-refractivity contribution in [1.29, 1.82) is 0 Å². The van der Waals surface area contributed by atoms with Crippen molar-refractivity contribution >= 4 is 11.9 Å². The number of esters is 1. The lowest BCUT2D eigenvalue weighted by Crippen LogP contribution is -2.19. The zero-order chi connectivity index (χ0) is 11.4. The second-order valence-electron chi connectivity index (χ2n) is 2.93. The highest BCUT2D eigenvalue weighted by Gasteiger charge is 2.19. The second-order valence-corrected chi connectivity index (χ2v) is 2.93. The third-order valence-electron chi connectivity index (χ3n) is 1.99. The molecule has 1 aromatic heterocycles. The number of carbonyl (C=O) groups is 2. The van der Waals surface area contributed by atoms with E-state index in [2.05, 4.69) is 9.84 Å². The first kappa shape index (κ1) is 11.2. The smallest absolute Gasteiger partial charge is 0.358 e. The van der Waals surface area contributed by atoms with Gasteiger partial charge in [0, 0.05) is 6.20 Å². The van der Waals surface area contributed by atoms with Crippen LogP contribution >= 0.6 is 0 Å². The highest BCUT2D eigenvalue weighted by atomic mass is 16.5. The summed E-state index contributed by atoms with van der Waals surface area (Å²) < 4.78 is 5.71. The van der Waals surface area contributed by atoms with Crippen LogP contribution in [0.5, 0.6) is 0 Å². The molecule has 1 rings (SSSR count). The van der Waals surface area contributed by atoms with E-state index in [1.54, 1.807) is 6.92 Å². The molecule has 0 fully saturated rings. The van der Waals surface area contributed by atoms with E-state index in [9.17, 15) is 9.59 Å². The molecule has 1 heterocycles. The van der Waals surface area contributed by atoms with E-state index >= 15 is 0 Å². The van der Waals surface area contributed by atoms with Gasteiger partial charge in [-0.15, -0.1) is 0 Å². The molecule has 1 aromatic rings. The van der Waals surface area contributed by atoms with Crippen molar-refractivity contribution in [1.82, 2.24) is 9.78 Å². The van der Waals surface area contributed by atoms with Crippen molar-refractivity contribution in [3.63, 3.8) is 0 Å². The van der Waals surface area contributed by atoms with Crippen molar-refractivity contribution < 1.29 is 19.4 Å². The van der Waals surface area contributed by atoms with E-state index in [1.165, 1.54) is 24.1 Å². The van der Waals surface area contributed by atoms with Crippen LogP contribution in [0.3, 0.4) is 0 Å². The Balaban J connectivity index is 2.92. The van der Waals surface area contributed by atoms with Crippen LogP contribution in [0.25, 0.3) is 0 Å². The molecule has 0 spiro atoms. The molecule has 0 unspecified atom stereocenters. The Hall–Kier alpha value is -1.85. The van der Waals surface area contributed by atoms with Gasteiger partial charge in [0.15, 0.2) is 5.69 Å². The van der Waals surface area contributed by atoms with Crippen molar-refractivity contribution in [2.24, 2.45) is 0 Å². The van der Waals surface area contributed by atoms with Crippen LogP contribution < -0.4 is 0 Å². The van der Waals surface area contributed by atoms with Gasteiger partial charge in [0.05, 0.1) is 7.11 Å². The summed E-state index contributed by atoms with van der Waals surface area (Å²) in [5.74, 6) is -1.55. The fourth-order valence-corrected chi connectivity index (χ4v) is 1.20. The quantitative estimate of drug-likeness (QED) is 0.743. The Morgan fingerprint density at radius 1 is 1.67 bits per heavy atom. The lowest BCUT2D eigenvalue weighted by Gasteiger charge is -2.09. The molecule has 0 radical (unpaired) electrons. The van der Waals surface area contributed by atoms with Crippen LogP contribution in [0, 0.1) is 0 Å². The molecular weight excluding hydrogens is 200 g/mol. The number of aliphatic carboxylic acids is 1. The predicted molar refractivity (Wildman–Crippen MR) is 50.5 cm³/mol. The number of ether oxygens (including phenoxy) is 1. The minimum atomic E-state index is -0.975. The third-order valence-corrected chi connectivity index (χ3v) is 1.99. The molecule has 15 heavy (non-hydrogen) atoms. The number of aromatic nitrogens is 2. The number of hydrogen-bond acceptors (Lipinski definition) is 4. The Labute approximate surface area is 86.5 Å². The van der Waals surface area contributed by atoms with Crippen molar-refractivity contribution in [2.75, 3.05) is 7.11 Å². The maximum atomic E-state index is 11.1. The SMILES string of the molecule is CC[C@H](C(=O)O)n1ccc(C(=O)OC)n1. The van der Waals surface area contributed by atoms with E-state index in [4.69, 9.17) is 5.11 Å². The maximum absolute atomic E-state index is 11.1. The molecule has 0 aliphatic rings. The fourth-order valence-electron chi connectivity index (χ4n) is 1.20. The summed E-state index contributed by atoms with van der Waals surface area (Å²) >= 11 is 0. The van der Waals surface area contributed by atoms with Gasteiger partial charge in [0.1, 0.15) is 6.04 Å². The van der Waals surface area contributed by atoms with Crippen LogP contribution in [0.4, 0.5) is 0 Å². The maximum Gasteiger partial charge on any atom is 0.358 e. The van der Waals surface area contributed by atoms with Crippen LogP contribution in [-0.2, 0) is 9.53 Å². The van der Waals surface area contributed by atoms with E-state index in [-0.39, 0.29) is 5.69 Å². The summed E-state index contributed by atoms with van der Waals surface area (Å²) in [5.41, 5.74) is 0.109.